The highest BCUT2D eigenvalue weighted by molar-refractivity contribution is 5.84. The Bertz CT molecular complexity index is 1080. The number of nitrogens with one attached hydrogen (secondary N) is 1. The van der Waals surface area contributed by atoms with E-state index in [4.69, 9.17) is 14.2 Å². The predicted molar refractivity (Wildman–Crippen MR) is 116 cm³/mol. The first kappa shape index (κ1) is 19.9. The molecule has 3 aromatic carbocycles. The van der Waals surface area contributed by atoms with E-state index in [1.165, 1.54) is 5.56 Å². The number of urea groups is 1. The van der Waals surface area contributed by atoms with Crippen molar-refractivity contribution in [2.24, 2.45) is 0 Å². The molecule has 0 radical (unpaired) electrons. The van der Waals surface area contributed by atoms with Crippen molar-refractivity contribution in [3.05, 3.63) is 65.2 Å². The average Bonchev–Trinajstić information content (AvgIpc) is 2.80. The summed E-state index contributed by atoms with van der Waals surface area (Å²) in [5.41, 5.74) is 3.35. The van der Waals surface area contributed by atoms with Crippen molar-refractivity contribution < 1.29 is 19.0 Å². The summed E-state index contributed by atoms with van der Waals surface area (Å²) in [6.07, 6.45) is 0.793. The van der Waals surface area contributed by atoms with E-state index in [-0.39, 0.29) is 6.03 Å². The molecule has 0 saturated heterocycles. The first-order valence-corrected chi connectivity index (χ1v) is 9.94. The normalized spacial score (nSPS) is 13.0. The summed E-state index contributed by atoms with van der Waals surface area (Å²) in [6, 6.07) is 16.1. The van der Waals surface area contributed by atoms with Crippen molar-refractivity contribution in [1.29, 1.82) is 0 Å². The Morgan fingerprint density at radius 2 is 1.60 bits per heavy atom. The summed E-state index contributed by atoms with van der Waals surface area (Å²) in [4.78, 5) is 14.6. The van der Waals surface area contributed by atoms with Gasteiger partial charge in [0.2, 0.25) is 0 Å². The van der Waals surface area contributed by atoms with Gasteiger partial charge in [-0.3, -0.25) is 0 Å². The highest BCUT2D eigenvalue weighted by Crippen LogP contribution is 2.33. The molecule has 30 heavy (non-hydrogen) atoms. The van der Waals surface area contributed by atoms with Crippen LogP contribution in [0, 0.1) is 0 Å². The molecule has 0 bridgehead atoms. The number of carbonyl (C=O) groups is 1. The molecule has 2 amide bonds. The number of ether oxygens (including phenoxy) is 3. The Morgan fingerprint density at radius 1 is 0.900 bits per heavy atom. The molecule has 0 aliphatic carbocycles. The lowest BCUT2D eigenvalue weighted by molar-refractivity contribution is 0.191. The van der Waals surface area contributed by atoms with Crippen molar-refractivity contribution in [2.45, 2.75) is 19.5 Å². The number of amides is 2. The topological polar surface area (TPSA) is 60.0 Å². The zero-order chi connectivity index (χ0) is 21.1. The number of fused-ring (bicyclic) bond motifs is 2. The van der Waals surface area contributed by atoms with Gasteiger partial charge in [0, 0.05) is 19.6 Å². The number of rotatable bonds is 5. The fourth-order valence-electron chi connectivity index (χ4n) is 3.86. The molecule has 0 saturated carbocycles. The van der Waals surface area contributed by atoms with Crippen LogP contribution in [0.5, 0.6) is 17.2 Å². The molecule has 0 atom stereocenters. The van der Waals surface area contributed by atoms with E-state index in [2.05, 4.69) is 17.4 Å². The molecular formula is C24H26N2O4. The van der Waals surface area contributed by atoms with E-state index in [0.29, 0.717) is 25.4 Å². The van der Waals surface area contributed by atoms with Crippen LogP contribution in [0.2, 0.25) is 0 Å². The minimum Gasteiger partial charge on any atom is -0.497 e. The third kappa shape index (κ3) is 3.99. The maximum atomic E-state index is 12.7. The molecule has 6 nitrogen and oxygen atoms in total. The Kier molecular flexibility index (Phi) is 5.65. The third-order valence-corrected chi connectivity index (χ3v) is 5.56. The van der Waals surface area contributed by atoms with Crippen molar-refractivity contribution in [3.8, 4) is 17.2 Å². The molecule has 4 rings (SSSR count). The molecule has 1 heterocycles. The fraction of sp³-hybridized carbons (Fsp3) is 0.292. The smallest absolute Gasteiger partial charge is 0.317 e. The van der Waals surface area contributed by atoms with Crippen LogP contribution in [0.3, 0.4) is 0 Å². The van der Waals surface area contributed by atoms with Crippen molar-refractivity contribution in [1.82, 2.24) is 10.2 Å². The van der Waals surface area contributed by atoms with Gasteiger partial charge < -0.3 is 24.4 Å². The summed E-state index contributed by atoms with van der Waals surface area (Å²) in [7, 11) is 4.92. The van der Waals surface area contributed by atoms with E-state index in [0.717, 1.165) is 39.8 Å². The molecule has 156 valence electrons. The van der Waals surface area contributed by atoms with Gasteiger partial charge in [-0.15, -0.1) is 0 Å². The van der Waals surface area contributed by atoms with E-state index >= 15 is 0 Å². The number of benzene rings is 3. The van der Waals surface area contributed by atoms with Gasteiger partial charge in [-0.25, -0.2) is 4.79 Å². The summed E-state index contributed by atoms with van der Waals surface area (Å²) in [6.45, 7) is 1.71. The maximum Gasteiger partial charge on any atom is 0.317 e. The summed E-state index contributed by atoms with van der Waals surface area (Å²) in [5.74, 6) is 2.25. The van der Waals surface area contributed by atoms with E-state index in [1.807, 2.05) is 41.3 Å². The second-order valence-corrected chi connectivity index (χ2v) is 7.35. The predicted octanol–water partition coefficient (Wildman–Crippen LogP) is 4.13. The lowest BCUT2D eigenvalue weighted by atomic mass is 9.99. The summed E-state index contributed by atoms with van der Waals surface area (Å²) >= 11 is 0. The van der Waals surface area contributed by atoms with Gasteiger partial charge in [0.15, 0.2) is 11.5 Å². The van der Waals surface area contributed by atoms with Crippen LogP contribution in [0.25, 0.3) is 10.8 Å². The Labute approximate surface area is 176 Å². The van der Waals surface area contributed by atoms with Crippen LogP contribution in [0.15, 0.2) is 48.5 Å². The monoisotopic (exact) mass is 406 g/mol. The van der Waals surface area contributed by atoms with Crippen molar-refractivity contribution >= 4 is 16.8 Å². The minimum atomic E-state index is -0.0646. The molecule has 0 unspecified atom stereocenters. The molecular weight excluding hydrogens is 380 g/mol. The van der Waals surface area contributed by atoms with Gasteiger partial charge in [-0.05, 0) is 64.2 Å². The number of methoxy groups -OCH3 is 3. The van der Waals surface area contributed by atoms with Gasteiger partial charge in [0.05, 0.1) is 21.3 Å². The largest absolute Gasteiger partial charge is 0.497 e. The lowest BCUT2D eigenvalue weighted by Gasteiger charge is -2.29. The van der Waals surface area contributed by atoms with Gasteiger partial charge in [-0.1, -0.05) is 18.2 Å². The van der Waals surface area contributed by atoms with Gasteiger partial charge >= 0.3 is 6.03 Å². The number of hydrogen-bond donors (Lipinski definition) is 1. The highest BCUT2D eigenvalue weighted by Gasteiger charge is 2.22. The first-order chi connectivity index (χ1) is 14.6. The Hall–Kier alpha value is -3.41. The molecule has 3 aromatic rings. The number of carbonyl (C=O) groups excluding carboxylic acids is 1. The van der Waals surface area contributed by atoms with Gasteiger partial charge in [0.25, 0.3) is 0 Å². The van der Waals surface area contributed by atoms with E-state index in [1.54, 1.807) is 21.3 Å². The highest BCUT2D eigenvalue weighted by atomic mass is 16.5. The fourth-order valence-corrected chi connectivity index (χ4v) is 3.86. The van der Waals surface area contributed by atoms with E-state index < -0.39 is 0 Å². The molecule has 0 fully saturated rings. The van der Waals surface area contributed by atoms with Gasteiger partial charge in [0.1, 0.15) is 5.75 Å². The van der Waals surface area contributed by atoms with Gasteiger partial charge in [-0.2, -0.15) is 0 Å². The second kappa shape index (κ2) is 8.53. The summed E-state index contributed by atoms with van der Waals surface area (Å²) < 4.78 is 16.1. The molecule has 0 aromatic heterocycles. The number of hydrogen-bond acceptors (Lipinski definition) is 4. The number of nitrogens with zero attached hydrogens (tertiary/aromatic N) is 1. The molecule has 1 aliphatic heterocycles. The van der Waals surface area contributed by atoms with E-state index in [9.17, 15) is 4.79 Å². The van der Waals surface area contributed by atoms with Crippen LogP contribution in [0.4, 0.5) is 4.79 Å². The van der Waals surface area contributed by atoms with Crippen LogP contribution in [-0.2, 0) is 19.5 Å². The molecule has 1 N–H and O–H groups in total. The zero-order valence-corrected chi connectivity index (χ0v) is 17.5. The SMILES string of the molecule is COc1ccc2cc(CNC(=O)N3CCc4cc(OC)c(OC)cc4C3)ccc2c1. The maximum absolute atomic E-state index is 12.7. The van der Waals surface area contributed by atoms with Crippen molar-refractivity contribution in [2.75, 3.05) is 27.9 Å². The van der Waals surface area contributed by atoms with Crippen LogP contribution in [0.1, 0.15) is 16.7 Å². The lowest BCUT2D eigenvalue weighted by Crippen LogP contribution is -2.42. The van der Waals surface area contributed by atoms with Crippen molar-refractivity contribution in [3.63, 3.8) is 0 Å². The Balaban J connectivity index is 1.42. The molecule has 0 spiro atoms. The summed E-state index contributed by atoms with van der Waals surface area (Å²) in [5, 5.41) is 5.28. The molecule has 6 heteroatoms. The average molecular weight is 406 g/mol. The van der Waals surface area contributed by atoms with Crippen LogP contribution >= 0.6 is 0 Å². The third-order valence-electron chi connectivity index (χ3n) is 5.56. The van der Waals surface area contributed by atoms with Crippen LogP contribution in [-0.4, -0.2) is 38.8 Å². The first-order valence-electron chi connectivity index (χ1n) is 9.94. The second-order valence-electron chi connectivity index (χ2n) is 7.35. The quantitative estimate of drug-likeness (QED) is 0.692. The minimum absolute atomic E-state index is 0.0646. The Morgan fingerprint density at radius 3 is 2.33 bits per heavy atom. The standard InChI is InChI=1S/C24H26N2O4/c1-28-21-7-6-17-10-16(4-5-18(17)11-21)14-25-24(27)26-9-8-19-12-22(29-2)23(30-3)13-20(19)15-26/h4-7,10-13H,8-9,14-15H2,1-3H3,(H,25,27). The van der Waals surface area contributed by atoms with Crippen LogP contribution < -0.4 is 19.5 Å². The molecule has 1 aliphatic rings. The zero-order valence-electron chi connectivity index (χ0n) is 17.5.